The third-order valence-electron chi connectivity index (χ3n) is 3.86. The number of halogens is 2. The van der Waals surface area contributed by atoms with Crippen molar-refractivity contribution in [2.24, 2.45) is 0 Å². The molecule has 1 aromatic rings. The molecule has 1 aliphatic heterocycles. The lowest BCUT2D eigenvalue weighted by atomic mass is 10.1. The summed E-state index contributed by atoms with van der Waals surface area (Å²) in [7, 11) is 0. The van der Waals surface area contributed by atoms with Gasteiger partial charge in [0, 0.05) is 24.2 Å². The van der Waals surface area contributed by atoms with Crippen LogP contribution >= 0.6 is 11.6 Å². The van der Waals surface area contributed by atoms with Crippen molar-refractivity contribution in [3.8, 4) is 0 Å². The van der Waals surface area contributed by atoms with E-state index >= 15 is 0 Å². The number of aliphatic hydroxyl groups excluding tert-OH is 1. The fourth-order valence-corrected chi connectivity index (χ4v) is 3.21. The number of benzene rings is 1. The van der Waals surface area contributed by atoms with Crippen LogP contribution in [0.25, 0.3) is 0 Å². The van der Waals surface area contributed by atoms with E-state index in [4.69, 9.17) is 11.6 Å². The van der Waals surface area contributed by atoms with Gasteiger partial charge in [0.25, 0.3) is 0 Å². The highest BCUT2D eigenvalue weighted by Gasteiger charge is 2.32. The zero-order valence-corrected chi connectivity index (χ0v) is 10.3. The van der Waals surface area contributed by atoms with Gasteiger partial charge in [0.2, 0.25) is 0 Å². The second-order valence-electron chi connectivity index (χ2n) is 5.02. The van der Waals surface area contributed by atoms with Crippen molar-refractivity contribution in [1.82, 2.24) is 4.90 Å². The molecule has 1 N–H and O–H groups in total. The van der Waals surface area contributed by atoms with Crippen LogP contribution in [0.15, 0.2) is 12.1 Å². The molecule has 0 radical (unpaired) electrons. The van der Waals surface area contributed by atoms with E-state index in [1.807, 2.05) is 6.07 Å². The molecule has 0 amide bonds. The number of hydrogen-bond donors (Lipinski definition) is 1. The second kappa shape index (κ2) is 4.23. The van der Waals surface area contributed by atoms with Crippen LogP contribution in [0.5, 0.6) is 0 Å². The van der Waals surface area contributed by atoms with Gasteiger partial charge < -0.3 is 5.11 Å². The highest BCUT2D eigenvalue weighted by atomic mass is 35.5. The summed E-state index contributed by atoms with van der Waals surface area (Å²) in [5, 5.41) is 10.0. The Kier molecular flexibility index (Phi) is 2.85. The van der Waals surface area contributed by atoms with Gasteiger partial charge in [0.05, 0.1) is 6.10 Å². The maximum Gasteiger partial charge on any atom is 0.128 e. The van der Waals surface area contributed by atoms with Crippen LogP contribution in [0.3, 0.4) is 0 Å². The van der Waals surface area contributed by atoms with E-state index in [0.29, 0.717) is 17.6 Å². The Morgan fingerprint density at radius 2 is 2.18 bits per heavy atom. The Morgan fingerprint density at radius 1 is 1.35 bits per heavy atom. The van der Waals surface area contributed by atoms with Gasteiger partial charge >= 0.3 is 0 Å². The lowest BCUT2D eigenvalue weighted by molar-refractivity contribution is 0.160. The first kappa shape index (κ1) is 11.5. The van der Waals surface area contributed by atoms with Gasteiger partial charge in [-0.3, -0.25) is 4.90 Å². The van der Waals surface area contributed by atoms with Crippen LogP contribution in [-0.4, -0.2) is 35.2 Å². The first-order chi connectivity index (χ1) is 8.13. The van der Waals surface area contributed by atoms with Crippen molar-refractivity contribution in [3.05, 3.63) is 34.1 Å². The van der Waals surface area contributed by atoms with Gasteiger partial charge in [-0.15, -0.1) is 0 Å². The summed E-state index contributed by atoms with van der Waals surface area (Å²) in [6.45, 7) is 1.63. The fraction of sp³-hybridized carbons (Fsp3) is 0.538. The van der Waals surface area contributed by atoms with Crippen molar-refractivity contribution in [3.63, 3.8) is 0 Å². The zero-order chi connectivity index (χ0) is 12.0. The molecule has 1 aromatic carbocycles. The number of β-amino-alcohol motifs (C(OH)–C–C–N with tert-alkyl or cyclic N) is 1. The van der Waals surface area contributed by atoms with Gasteiger partial charge in [-0.05, 0) is 42.5 Å². The normalized spacial score (nSPS) is 28.6. The highest BCUT2D eigenvalue weighted by Crippen LogP contribution is 2.31. The average Bonchev–Trinajstić information content (AvgIpc) is 2.83. The van der Waals surface area contributed by atoms with Crippen LogP contribution in [0, 0.1) is 5.82 Å². The van der Waals surface area contributed by atoms with E-state index in [1.54, 1.807) is 0 Å². The number of hydrogen-bond acceptors (Lipinski definition) is 2. The summed E-state index contributed by atoms with van der Waals surface area (Å²) in [6, 6.07) is 3.59. The molecule has 0 saturated carbocycles. The van der Waals surface area contributed by atoms with Crippen LogP contribution < -0.4 is 0 Å². The Hall–Kier alpha value is -0.640. The van der Waals surface area contributed by atoms with Crippen LogP contribution in [0.2, 0.25) is 5.02 Å². The first-order valence-corrected chi connectivity index (χ1v) is 6.40. The Bertz CT molecular complexity index is 451. The molecule has 2 unspecified atom stereocenters. The first-order valence-electron chi connectivity index (χ1n) is 6.02. The monoisotopic (exact) mass is 255 g/mol. The van der Waals surface area contributed by atoms with E-state index in [0.717, 1.165) is 36.9 Å². The van der Waals surface area contributed by atoms with Gasteiger partial charge in [-0.1, -0.05) is 11.6 Å². The molecular weight excluding hydrogens is 241 g/mol. The summed E-state index contributed by atoms with van der Waals surface area (Å²) >= 11 is 5.87. The Balaban J connectivity index is 1.81. The molecule has 4 heteroatoms. The second-order valence-corrected chi connectivity index (χ2v) is 5.46. The minimum atomic E-state index is -0.216. The molecule has 1 saturated heterocycles. The number of likely N-dealkylation sites (tertiary alicyclic amines) is 1. The van der Waals surface area contributed by atoms with E-state index in [9.17, 15) is 9.50 Å². The predicted molar refractivity (Wildman–Crippen MR) is 64.8 cm³/mol. The van der Waals surface area contributed by atoms with Crippen LogP contribution in [0.4, 0.5) is 4.39 Å². The smallest absolute Gasteiger partial charge is 0.128 e. The minimum absolute atomic E-state index is 0.185. The maximum absolute atomic E-state index is 13.7. The molecule has 17 heavy (non-hydrogen) atoms. The molecule has 2 aliphatic rings. The minimum Gasteiger partial charge on any atom is -0.392 e. The van der Waals surface area contributed by atoms with Crippen molar-refractivity contribution in [2.45, 2.75) is 31.4 Å². The molecule has 0 bridgehead atoms. The Labute approximate surface area is 105 Å². The highest BCUT2D eigenvalue weighted by molar-refractivity contribution is 6.30. The Morgan fingerprint density at radius 3 is 2.88 bits per heavy atom. The molecule has 0 aromatic heterocycles. The molecular formula is C13H15ClFNO. The molecule has 3 rings (SSSR count). The van der Waals surface area contributed by atoms with Gasteiger partial charge in [0.1, 0.15) is 5.82 Å². The van der Waals surface area contributed by atoms with Crippen molar-refractivity contribution < 1.29 is 9.50 Å². The number of fused-ring (bicyclic) bond motifs is 1. The third kappa shape index (κ3) is 2.07. The van der Waals surface area contributed by atoms with Crippen LogP contribution in [-0.2, 0) is 12.8 Å². The predicted octanol–water partition coefficient (Wildman–Crippen LogP) is 2.01. The number of rotatable bonds is 1. The molecule has 1 heterocycles. The number of aliphatic hydroxyl groups is 1. The fourth-order valence-electron chi connectivity index (χ4n) is 2.99. The SMILES string of the molecule is OC1CCN(C2Cc3cc(Cl)cc(F)c3C2)C1. The quantitative estimate of drug-likeness (QED) is 0.830. The average molecular weight is 256 g/mol. The summed E-state index contributed by atoms with van der Waals surface area (Å²) in [6.07, 6.45) is 2.20. The van der Waals surface area contributed by atoms with E-state index < -0.39 is 0 Å². The topological polar surface area (TPSA) is 23.5 Å². The van der Waals surface area contributed by atoms with Gasteiger partial charge in [0.15, 0.2) is 0 Å². The van der Waals surface area contributed by atoms with Gasteiger partial charge in [-0.2, -0.15) is 0 Å². The summed E-state index contributed by atoms with van der Waals surface area (Å²) in [5.74, 6) is -0.185. The third-order valence-corrected chi connectivity index (χ3v) is 4.08. The molecule has 1 fully saturated rings. The lowest BCUT2D eigenvalue weighted by Gasteiger charge is -2.22. The van der Waals surface area contributed by atoms with Gasteiger partial charge in [-0.25, -0.2) is 4.39 Å². The number of nitrogens with zero attached hydrogens (tertiary/aromatic N) is 1. The van der Waals surface area contributed by atoms with E-state index in [2.05, 4.69) is 4.90 Å². The zero-order valence-electron chi connectivity index (χ0n) is 9.50. The molecule has 0 spiro atoms. The van der Waals surface area contributed by atoms with Crippen LogP contribution in [0.1, 0.15) is 17.5 Å². The van der Waals surface area contributed by atoms with Crippen molar-refractivity contribution in [2.75, 3.05) is 13.1 Å². The summed E-state index contributed by atoms with van der Waals surface area (Å²) < 4.78 is 13.7. The van der Waals surface area contributed by atoms with Crippen molar-refractivity contribution >= 4 is 11.6 Å². The summed E-state index contributed by atoms with van der Waals surface area (Å²) in [5.41, 5.74) is 1.84. The van der Waals surface area contributed by atoms with E-state index in [1.165, 1.54) is 6.07 Å². The summed E-state index contributed by atoms with van der Waals surface area (Å²) in [4.78, 5) is 2.26. The standard InChI is InChI=1S/C13H15ClFNO/c14-9-3-8-4-10(6-12(8)13(15)5-9)16-2-1-11(17)7-16/h3,5,10-11,17H,1-2,4,6-7H2. The van der Waals surface area contributed by atoms with Crippen molar-refractivity contribution in [1.29, 1.82) is 0 Å². The molecule has 1 aliphatic carbocycles. The molecule has 92 valence electrons. The largest absolute Gasteiger partial charge is 0.392 e. The molecule has 2 nitrogen and oxygen atoms in total. The maximum atomic E-state index is 13.7. The van der Waals surface area contributed by atoms with E-state index in [-0.39, 0.29) is 11.9 Å². The lowest BCUT2D eigenvalue weighted by Crippen LogP contribution is -2.34. The molecule has 2 atom stereocenters.